The first-order chi connectivity index (χ1) is 7.76. The highest BCUT2D eigenvalue weighted by atomic mass is 32.1. The lowest BCUT2D eigenvalue weighted by Crippen LogP contribution is -2.40. The van der Waals surface area contributed by atoms with Crippen molar-refractivity contribution in [3.05, 3.63) is 0 Å². The third-order valence-corrected chi connectivity index (χ3v) is 1.81. The molecule has 0 saturated carbocycles. The van der Waals surface area contributed by atoms with Gasteiger partial charge in [0.25, 0.3) is 0 Å². The zero-order valence-corrected chi connectivity index (χ0v) is 10.2. The molecule has 0 aliphatic rings. The first-order valence-electron chi connectivity index (χ1n) is 4.97. The molecule has 0 spiro atoms. The van der Waals surface area contributed by atoms with Gasteiger partial charge in [-0.2, -0.15) is 13.2 Å². The number of hydrogen-bond donors (Lipinski definition) is 1. The molecule has 0 saturated heterocycles. The number of amides is 1. The van der Waals surface area contributed by atoms with Gasteiger partial charge < -0.3 is 15.4 Å². The van der Waals surface area contributed by atoms with E-state index in [-0.39, 0.29) is 11.5 Å². The van der Waals surface area contributed by atoms with Gasteiger partial charge in [-0.15, -0.1) is 0 Å². The Hall–Kier alpha value is -0.890. The van der Waals surface area contributed by atoms with E-state index >= 15 is 0 Å². The average molecular weight is 272 g/mol. The fraction of sp³-hybridized carbons (Fsp3) is 0.778. The number of rotatable bonds is 7. The first-order valence-corrected chi connectivity index (χ1v) is 5.37. The summed E-state index contributed by atoms with van der Waals surface area (Å²) >= 11 is 4.64. The van der Waals surface area contributed by atoms with Crippen molar-refractivity contribution in [3.8, 4) is 0 Å². The lowest BCUT2D eigenvalue weighted by molar-refractivity contribution is -0.177. The van der Waals surface area contributed by atoms with Crippen LogP contribution in [0.4, 0.5) is 13.2 Å². The molecule has 4 nitrogen and oxygen atoms in total. The van der Waals surface area contributed by atoms with E-state index in [1.165, 1.54) is 4.90 Å². The van der Waals surface area contributed by atoms with E-state index in [2.05, 4.69) is 17.0 Å². The van der Waals surface area contributed by atoms with Gasteiger partial charge in [0.2, 0.25) is 5.91 Å². The predicted molar refractivity (Wildman–Crippen MR) is 60.5 cm³/mol. The van der Waals surface area contributed by atoms with Gasteiger partial charge in [-0.25, -0.2) is 0 Å². The van der Waals surface area contributed by atoms with Gasteiger partial charge in [0.1, 0.15) is 13.2 Å². The third kappa shape index (κ3) is 8.87. The Morgan fingerprint density at radius 1 is 1.47 bits per heavy atom. The van der Waals surface area contributed by atoms with Crippen LogP contribution in [0.2, 0.25) is 0 Å². The molecule has 0 heterocycles. The quantitative estimate of drug-likeness (QED) is 0.705. The van der Waals surface area contributed by atoms with Crippen LogP contribution in [0.3, 0.4) is 0 Å². The lowest BCUT2D eigenvalue weighted by atomic mass is 10.4. The molecule has 0 atom stereocenters. The Bertz CT molecular complexity index is 271. The molecule has 0 aromatic rings. The maximum atomic E-state index is 11.8. The molecule has 0 unspecified atom stereocenters. The number of carbonyl (C=O) groups is 1. The summed E-state index contributed by atoms with van der Waals surface area (Å²) in [6, 6.07) is 0. The topological polar surface area (TPSA) is 55.6 Å². The minimum absolute atomic E-state index is 0.0530. The SMILES string of the molecule is CCCN(CC(N)=S)C(=O)COCC(F)(F)F. The van der Waals surface area contributed by atoms with Crippen LogP contribution in [0.5, 0.6) is 0 Å². The monoisotopic (exact) mass is 272 g/mol. The largest absolute Gasteiger partial charge is 0.411 e. The summed E-state index contributed by atoms with van der Waals surface area (Å²) in [5.74, 6) is -0.552. The zero-order valence-electron chi connectivity index (χ0n) is 9.42. The second-order valence-electron chi connectivity index (χ2n) is 3.39. The van der Waals surface area contributed by atoms with Crippen molar-refractivity contribution in [2.24, 2.45) is 5.73 Å². The summed E-state index contributed by atoms with van der Waals surface area (Å²) in [6.07, 6.45) is -3.77. The Balaban J connectivity index is 4.10. The van der Waals surface area contributed by atoms with Gasteiger partial charge >= 0.3 is 6.18 Å². The number of hydrogen-bond acceptors (Lipinski definition) is 3. The van der Waals surface area contributed by atoms with Crippen LogP contribution in [0.25, 0.3) is 0 Å². The van der Waals surface area contributed by atoms with E-state index in [1.54, 1.807) is 0 Å². The number of nitrogens with zero attached hydrogens (tertiary/aromatic N) is 1. The molecule has 0 radical (unpaired) electrons. The van der Waals surface area contributed by atoms with Crippen molar-refractivity contribution in [2.45, 2.75) is 19.5 Å². The summed E-state index contributed by atoms with van der Waals surface area (Å²) in [7, 11) is 0. The molecule has 100 valence electrons. The normalized spacial score (nSPS) is 11.3. The molecule has 8 heteroatoms. The summed E-state index contributed by atoms with van der Waals surface area (Å²) in [5.41, 5.74) is 5.28. The minimum Gasteiger partial charge on any atom is -0.392 e. The smallest absolute Gasteiger partial charge is 0.392 e. The molecular formula is C9H15F3N2O2S. The van der Waals surface area contributed by atoms with E-state index in [9.17, 15) is 18.0 Å². The van der Waals surface area contributed by atoms with Crippen LogP contribution in [-0.2, 0) is 9.53 Å². The Morgan fingerprint density at radius 3 is 2.47 bits per heavy atom. The van der Waals surface area contributed by atoms with Crippen LogP contribution < -0.4 is 5.73 Å². The highest BCUT2D eigenvalue weighted by molar-refractivity contribution is 7.80. The van der Waals surface area contributed by atoms with Crippen LogP contribution in [0.1, 0.15) is 13.3 Å². The lowest BCUT2D eigenvalue weighted by Gasteiger charge is -2.21. The minimum atomic E-state index is -4.43. The summed E-state index contributed by atoms with van der Waals surface area (Å²) in [6.45, 7) is 0.202. The molecule has 1 amide bonds. The molecule has 0 aromatic heterocycles. The molecular weight excluding hydrogens is 257 g/mol. The van der Waals surface area contributed by atoms with Crippen molar-refractivity contribution in [1.29, 1.82) is 0 Å². The standard InChI is InChI=1S/C9H15F3N2O2S/c1-2-3-14(4-7(13)17)8(15)5-16-6-9(10,11)12/h2-6H2,1H3,(H2,13,17). The molecule has 0 fully saturated rings. The maximum absolute atomic E-state index is 11.8. The maximum Gasteiger partial charge on any atom is 0.411 e. The molecule has 0 aliphatic carbocycles. The second kappa shape index (κ2) is 7.44. The Labute approximate surface area is 103 Å². The number of alkyl halides is 3. The van der Waals surface area contributed by atoms with Gasteiger partial charge in [-0.3, -0.25) is 4.79 Å². The zero-order chi connectivity index (χ0) is 13.5. The van der Waals surface area contributed by atoms with Crippen LogP contribution in [-0.4, -0.2) is 48.3 Å². The van der Waals surface area contributed by atoms with Crippen molar-refractivity contribution in [1.82, 2.24) is 4.90 Å². The molecule has 0 aliphatic heterocycles. The number of thiocarbonyl (C=S) groups is 1. The number of carbonyl (C=O) groups excluding carboxylic acids is 1. The first kappa shape index (κ1) is 16.1. The van der Waals surface area contributed by atoms with Crippen molar-refractivity contribution < 1.29 is 22.7 Å². The van der Waals surface area contributed by atoms with Crippen LogP contribution in [0.15, 0.2) is 0 Å². The average Bonchev–Trinajstić information content (AvgIpc) is 2.14. The van der Waals surface area contributed by atoms with Crippen molar-refractivity contribution in [3.63, 3.8) is 0 Å². The molecule has 2 N–H and O–H groups in total. The van der Waals surface area contributed by atoms with Crippen LogP contribution >= 0.6 is 12.2 Å². The van der Waals surface area contributed by atoms with E-state index in [1.807, 2.05) is 6.92 Å². The number of ether oxygens (including phenoxy) is 1. The highest BCUT2D eigenvalue weighted by Crippen LogP contribution is 2.14. The second-order valence-corrected chi connectivity index (χ2v) is 3.91. The molecule has 0 aromatic carbocycles. The van der Waals surface area contributed by atoms with Crippen molar-refractivity contribution >= 4 is 23.1 Å². The highest BCUT2D eigenvalue weighted by Gasteiger charge is 2.28. The van der Waals surface area contributed by atoms with Gasteiger partial charge in [0.15, 0.2) is 0 Å². The summed E-state index contributed by atoms with van der Waals surface area (Å²) in [5, 5.41) is 0. The van der Waals surface area contributed by atoms with Crippen LogP contribution in [0, 0.1) is 0 Å². The molecule has 17 heavy (non-hydrogen) atoms. The number of halogens is 3. The third-order valence-electron chi connectivity index (χ3n) is 1.68. The van der Waals surface area contributed by atoms with E-state index in [4.69, 9.17) is 5.73 Å². The number of nitrogens with two attached hydrogens (primary N) is 1. The molecule has 0 rings (SSSR count). The van der Waals surface area contributed by atoms with Gasteiger partial charge in [0.05, 0.1) is 11.5 Å². The van der Waals surface area contributed by atoms with Crippen molar-refractivity contribution in [2.75, 3.05) is 26.3 Å². The van der Waals surface area contributed by atoms with E-state index in [0.717, 1.165) is 0 Å². The fourth-order valence-electron chi connectivity index (χ4n) is 1.10. The Morgan fingerprint density at radius 2 is 2.06 bits per heavy atom. The Kier molecular flexibility index (Phi) is 7.05. The van der Waals surface area contributed by atoms with Gasteiger partial charge in [-0.1, -0.05) is 19.1 Å². The molecule has 0 bridgehead atoms. The van der Waals surface area contributed by atoms with Gasteiger partial charge in [-0.05, 0) is 6.42 Å². The van der Waals surface area contributed by atoms with Gasteiger partial charge in [0, 0.05) is 6.54 Å². The summed E-state index contributed by atoms with van der Waals surface area (Å²) < 4.78 is 39.6. The fourth-order valence-corrected chi connectivity index (χ4v) is 1.25. The predicted octanol–water partition coefficient (Wildman–Crippen LogP) is 1.09. The van der Waals surface area contributed by atoms with E-state index in [0.29, 0.717) is 13.0 Å². The summed E-state index contributed by atoms with van der Waals surface area (Å²) in [4.78, 5) is 12.9. The van der Waals surface area contributed by atoms with E-state index < -0.39 is 25.3 Å².